The third kappa shape index (κ3) is 4.39. The molecule has 0 radical (unpaired) electrons. The van der Waals surface area contributed by atoms with Gasteiger partial charge in [-0.25, -0.2) is 4.39 Å². The Morgan fingerprint density at radius 2 is 1.96 bits per heavy atom. The van der Waals surface area contributed by atoms with Gasteiger partial charge in [0.15, 0.2) is 0 Å². The maximum absolute atomic E-state index is 12.8. The third-order valence-corrected chi connectivity index (χ3v) is 4.90. The Labute approximate surface area is 147 Å². The van der Waals surface area contributed by atoms with Gasteiger partial charge < -0.3 is 5.32 Å². The lowest BCUT2D eigenvalue weighted by Gasteiger charge is -2.08. The predicted molar refractivity (Wildman–Crippen MR) is 94.3 cm³/mol. The molecular weight excluding hydrogens is 345 g/mol. The maximum Gasteiger partial charge on any atom is 0.230 e. The van der Waals surface area contributed by atoms with Crippen LogP contribution < -0.4 is 5.32 Å². The van der Waals surface area contributed by atoms with Gasteiger partial charge in [-0.15, -0.1) is 11.8 Å². The standard InChI is InChI=1S/C17H14FN3OS2/c18-13-1-3-14(4-2-13)24-11-16(22)21-9-15-17(20-7-6-19-15)12-5-8-23-10-12/h1-8,10H,9,11H2,(H,21,22). The number of amides is 1. The van der Waals surface area contributed by atoms with Crippen LogP contribution in [-0.4, -0.2) is 21.6 Å². The summed E-state index contributed by atoms with van der Waals surface area (Å²) in [7, 11) is 0. The summed E-state index contributed by atoms with van der Waals surface area (Å²) < 4.78 is 12.8. The van der Waals surface area contributed by atoms with E-state index in [-0.39, 0.29) is 17.5 Å². The minimum atomic E-state index is -0.285. The highest BCUT2D eigenvalue weighted by Crippen LogP contribution is 2.22. The molecule has 0 unspecified atom stereocenters. The molecule has 0 bridgehead atoms. The molecule has 1 aromatic carbocycles. The molecule has 0 fully saturated rings. The fourth-order valence-corrected chi connectivity index (χ4v) is 3.42. The van der Waals surface area contributed by atoms with Gasteiger partial charge in [-0.2, -0.15) is 11.3 Å². The van der Waals surface area contributed by atoms with Crippen molar-refractivity contribution in [3.05, 3.63) is 65.0 Å². The van der Waals surface area contributed by atoms with Gasteiger partial charge in [0.05, 0.1) is 23.7 Å². The highest BCUT2D eigenvalue weighted by molar-refractivity contribution is 8.00. The fourth-order valence-electron chi connectivity index (χ4n) is 2.05. The maximum atomic E-state index is 12.8. The molecule has 0 spiro atoms. The van der Waals surface area contributed by atoms with Gasteiger partial charge in [0, 0.05) is 28.2 Å². The molecule has 2 heterocycles. The molecular formula is C17H14FN3OS2. The second-order valence-electron chi connectivity index (χ2n) is 4.88. The number of hydrogen-bond acceptors (Lipinski definition) is 5. The third-order valence-electron chi connectivity index (χ3n) is 3.21. The minimum Gasteiger partial charge on any atom is -0.350 e. The SMILES string of the molecule is O=C(CSc1ccc(F)cc1)NCc1nccnc1-c1ccsc1. The molecule has 7 heteroatoms. The summed E-state index contributed by atoms with van der Waals surface area (Å²) in [4.78, 5) is 21.5. The van der Waals surface area contributed by atoms with Gasteiger partial charge in [-0.3, -0.25) is 14.8 Å². The Bertz CT molecular complexity index is 807. The van der Waals surface area contributed by atoms with E-state index in [0.717, 1.165) is 21.8 Å². The zero-order valence-corrected chi connectivity index (χ0v) is 14.2. The van der Waals surface area contributed by atoms with Gasteiger partial charge in [-0.1, -0.05) is 0 Å². The van der Waals surface area contributed by atoms with E-state index in [4.69, 9.17) is 0 Å². The highest BCUT2D eigenvalue weighted by Gasteiger charge is 2.10. The smallest absolute Gasteiger partial charge is 0.230 e. The molecule has 0 aliphatic heterocycles. The fraction of sp³-hybridized carbons (Fsp3) is 0.118. The van der Waals surface area contributed by atoms with E-state index in [2.05, 4.69) is 15.3 Å². The van der Waals surface area contributed by atoms with E-state index in [9.17, 15) is 9.18 Å². The molecule has 3 aromatic rings. The molecule has 0 atom stereocenters. The Morgan fingerprint density at radius 3 is 2.71 bits per heavy atom. The Morgan fingerprint density at radius 1 is 1.17 bits per heavy atom. The molecule has 0 aliphatic carbocycles. The number of thioether (sulfide) groups is 1. The number of carbonyl (C=O) groups excluding carboxylic acids is 1. The van der Waals surface area contributed by atoms with E-state index >= 15 is 0 Å². The van der Waals surface area contributed by atoms with Crippen LogP contribution >= 0.6 is 23.1 Å². The molecule has 0 saturated heterocycles. The van der Waals surface area contributed by atoms with Crippen molar-refractivity contribution in [2.75, 3.05) is 5.75 Å². The van der Waals surface area contributed by atoms with Crippen LogP contribution in [0.5, 0.6) is 0 Å². The summed E-state index contributed by atoms with van der Waals surface area (Å²) in [5.41, 5.74) is 2.51. The van der Waals surface area contributed by atoms with Gasteiger partial charge in [0.1, 0.15) is 5.82 Å². The molecule has 4 nitrogen and oxygen atoms in total. The quantitative estimate of drug-likeness (QED) is 0.681. The summed E-state index contributed by atoms with van der Waals surface area (Å²) >= 11 is 2.95. The van der Waals surface area contributed by atoms with Gasteiger partial charge in [-0.05, 0) is 35.7 Å². The first-order valence-electron chi connectivity index (χ1n) is 7.20. The summed E-state index contributed by atoms with van der Waals surface area (Å²) in [6.07, 6.45) is 3.26. The van der Waals surface area contributed by atoms with Gasteiger partial charge in [0.2, 0.25) is 5.91 Å². The van der Waals surface area contributed by atoms with Crippen LogP contribution in [0.2, 0.25) is 0 Å². The molecule has 0 aliphatic rings. The number of nitrogens with one attached hydrogen (secondary N) is 1. The molecule has 122 valence electrons. The number of thiophene rings is 1. The first kappa shape index (κ1) is 16.6. The van der Waals surface area contributed by atoms with Crippen LogP contribution in [0.15, 0.2) is 58.4 Å². The number of nitrogens with zero attached hydrogens (tertiary/aromatic N) is 2. The van der Waals surface area contributed by atoms with Crippen LogP contribution in [0.3, 0.4) is 0 Å². The number of carbonyl (C=O) groups is 1. The summed E-state index contributed by atoms with van der Waals surface area (Å²) in [5.74, 6) is -0.127. The van der Waals surface area contributed by atoms with Crippen molar-refractivity contribution in [3.8, 4) is 11.3 Å². The Hall–Kier alpha value is -2.25. The van der Waals surface area contributed by atoms with Crippen molar-refractivity contribution in [2.45, 2.75) is 11.4 Å². The molecule has 1 N–H and O–H groups in total. The Kier molecular flexibility index (Phi) is 5.55. The van der Waals surface area contributed by atoms with Crippen LogP contribution in [0, 0.1) is 5.82 Å². The van der Waals surface area contributed by atoms with Gasteiger partial charge in [0.25, 0.3) is 0 Å². The lowest BCUT2D eigenvalue weighted by Crippen LogP contribution is -2.25. The van der Waals surface area contributed by atoms with Crippen molar-refractivity contribution >= 4 is 29.0 Å². The Balaban J connectivity index is 1.56. The number of halogens is 1. The molecule has 3 rings (SSSR count). The van der Waals surface area contributed by atoms with E-state index in [0.29, 0.717) is 6.54 Å². The summed E-state index contributed by atoms with van der Waals surface area (Å²) in [6, 6.07) is 8.06. The van der Waals surface area contributed by atoms with Crippen LogP contribution in [-0.2, 0) is 11.3 Å². The second-order valence-corrected chi connectivity index (χ2v) is 6.71. The number of benzene rings is 1. The number of rotatable bonds is 6. The zero-order valence-electron chi connectivity index (χ0n) is 12.6. The average molecular weight is 359 g/mol. The first-order valence-corrected chi connectivity index (χ1v) is 9.13. The van der Waals surface area contributed by atoms with E-state index in [1.54, 1.807) is 35.9 Å². The first-order chi connectivity index (χ1) is 11.7. The van der Waals surface area contributed by atoms with Crippen LogP contribution in [0.1, 0.15) is 5.69 Å². The lowest BCUT2D eigenvalue weighted by molar-refractivity contribution is -0.118. The molecule has 24 heavy (non-hydrogen) atoms. The average Bonchev–Trinajstić information content (AvgIpc) is 3.14. The minimum absolute atomic E-state index is 0.105. The topological polar surface area (TPSA) is 54.9 Å². The largest absolute Gasteiger partial charge is 0.350 e. The van der Waals surface area contributed by atoms with Gasteiger partial charge >= 0.3 is 0 Å². The van der Waals surface area contributed by atoms with Crippen molar-refractivity contribution in [3.63, 3.8) is 0 Å². The second kappa shape index (κ2) is 8.03. The number of hydrogen-bond donors (Lipinski definition) is 1. The van der Waals surface area contributed by atoms with Crippen LogP contribution in [0.4, 0.5) is 4.39 Å². The highest BCUT2D eigenvalue weighted by atomic mass is 32.2. The molecule has 2 aromatic heterocycles. The summed E-state index contributed by atoms with van der Waals surface area (Å²) in [6.45, 7) is 0.321. The lowest BCUT2D eigenvalue weighted by atomic mass is 10.2. The molecule has 0 saturated carbocycles. The van der Waals surface area contributed by atoms with Crippen molar-refractivity contribution in [2.24, 2.45) is 0 Å². The van der Waals surface area contributed by atoms with Crippen LogP contribution in [0.25, 0.3) is 11.3 Å². The van der Waals surface area contributed by atoms with E-state index in [1.807, 2.05) is 16.8 Å². The summed E-state index contributed by atoms with van der Waals surface area (Å²) in [5, 5.41) is 6.83. The molecule has 1 amide bonds. The van der Waals surface area contributed by atoms with E-state index in [1.165, 1.54) is 23.9 Å². The van der Waals surface area contributed by atoms with E-state index < -0.39 is 0 Å². The normalized spacial score (nSPS) is 10.5. The van der Waals surface area contributed by atoms with Crippen molar-refractivity contribution in [1.29, 1.82) is 0 Å². The predicted octanol–water partition coefficient (Wildman–Crippen LogP) is 3.75. The monoisotopic (exact) mass is 359 g/mol. The number of aromatic nitrogens is 2. The van der Waals surface area contributed by atoms with Crippen molar-refractivity contribution in [1.82, 2.24) is 15.3 Å². The van der Waals surface area contributed by atoms with Crippen molar-refractivity contribution < 1.29 is 9.18 Å². The zero-order chi connectivity index (χ0) is 16.8.